The summed E-state index contributed by atoms with van der Waals surface area (Å²) in [5.41, 5.74) is -2.61. The van der Waals surface area contributed by atoms with E-state index in [4.69, 9.17) is 23.4 Å². The average Bonchev–Trinajstić information content (AvgIpc) is 3.19. The molecule has 3 heterocycles. The third kappa shape index (κ3) is 2.94. The van der Waals surface area contributed by atoms with Crippen LogP contribution in [0.5, 0.6) is 0 Å². The Bertz CT molecular complexity index is 994. The Hall–Kier alpha value is -2.68. The standard InChI is InChI=1S/C24H28O9/c1-13-8-19(27)23(11-30-14(2)25)18(4-5-20(32-15(3)26)24(23)12-31-24)22(13)9-17(33-21(22)28)16-6-7-29-10-16/h6-7,10,13,17-18,20H,4-5,8-9,11-12H2,1-3H3/t13-,17+,18-,20+,22-,23+,24-/m1/s1. The maximum Gasteiger partial charge on any atom is 0.313 e. The third-order valence-corrected chi connectivity index (χ3v) is 8.41. The molecule has 0 radical (unpaired) electrons. The quantitative estimate of drug-likeness (QED) is 0.379. The Morgan fingerprint density at radius 3 is 2.55 bits per heavy atom. The van der Waals surface area contributed by atoms with Crippen LogP contribution in [0.15, 0.2) is 23.0 Å². The number of fused-ring (bicyclic) bond motifs is 3. The number of rotatable bonds is 4. The van der Waals surface area contributed by atoms with Gasteiger partial charge in [0.15, 0.2) is 0 Å². The minimum atomic E-state index is -1.30. The smallest absolute Gasteiger partial charge is 0.313 e. The first-order chi connectivity index (χ1) is 15.7. The molecule has 0 bridgehead atoms. The number of Topliss-reactive ketones (excluding diaryl/α,β-unsaturated/α-hetero) is 1. The number of hydrogen-bond acceptors (Lipinski definition) is 9. The molecule has 4 aliphatic rings. The Morgan fingerprint density at radius 1 is 1.18 bits per heavy atom. The van der Waals surface area contributed by atoms with Crippen LogP contribution in [0.25, 0.3) is 0 Å². The van der Waals surface area contributed by atoms with Gasteiger partial charge in [0.1, 0.15) is 35.6 Å². The van der Waals surface area contributed by atoms with Crippen molar-refractivity contribution in [1.29, 1.82) is 0 Å². The first kappa shape index (κ1) is 22.1. The van der Waals surface area contributed by atoms with Gasteiger partial charge in [0.25, 0.3) is 0 Å². The molecule has 33 heavy (non-hydrogen) atoms. The van der Waals surface area contributed by atoms with Gasteiger partial charge in [-0.3, -0.25) is 19.2 Å². The monoisotopic (exact) mass is 460 g/mol. The van der Waals surface area contributed by atoms with E-state index in [1.807, 2.05) is 6.92 Å². The van der Waals surface area contributed by atoms with Crippen molar-refractivity contribution in [3.05, 3.63) is 24.2 Å². The number of furan rings is 1. The summed E-state index contributed by atoms with van der Waals surface area (Å²) in [6.45, 7) is 4.48. The lowest BCUT2D eigenvalue weighted by atomic mass is 9.42. The van der Waals surface area contributed by atoms with Crippen LogP contribution in [0, 0.1) is 22.7 Å². The van der Waals surface area contributed by atoms with Gasteiger partial charge in [0.2, 0.25) is 0 Å². The average molecular weight is 460 g/mol. The summed E-state index contributed by atoms with van der Waals surface area (Å²) < 4.78 is 28.1. The number of esters is 3. The fourth-order valence-electron chi connectivity index (χ4n) is 6.89. The van der Waals surface area contributed by atoms with E-state index >= 15 is 0 Å². The molecule has 4 fully saturated rings. The van der Waals surface area contributed by atoms with E-state index in [2.05, 4.69) is 0 Å². The second-order valence-corrected chi connectivity index (χ2v) is 9.88. The molecule has 9 heteroatoms. The lowest BCUT2D eigenvalue weighted by molar-refractivity contribution is -0.206. The van der Waals surface area contributed by atoms with Crippen molar-refractivity contribution >= 4 is 23.7 Å². The van der Waals surface area contributed by atoms with Gasteiger partial charge in [-0.2, -0.15) is 0 Å². The number of ketones is 1. The van der Waals surface area contributed by atoms with Crippen LogP contribution in [0.2, 0.25) is 0 Å². The van der Waals surface area contributed by atoms with E-state index < -0.39 is 46.5 Å². The van der Waals surface area contributed by atoms with E-state index in [0.717, 1.165) is 5.56 Å². The number of epoxide rings is 1. The SMILES string of the molecule is CC(=O)OC[C@@]12C(=O)C[C@@H](C)[C@]3(C[C@@H](c4ccoc4)OC3=O)[C@H]1CC[C@H](OC(C)=O)[C@]21CO1. The first-order valence-corrected chi connectivity index (χ1v) is 11.4. The minimum absolute atomic E-state index is 0.114. The number of cyclic esters (lactones) is 1. The lowest BCUT2D eigenvalue weighted by Crippen LogP contribution is -2.70. The molecule has 0 unspecified atom stereocenters. The van der Waals surface area contributed by atoms with Gasteiger partial charge in [0, 0.05) is 32.3 Å². The van der Waals surface area contributed by atoms with Gasteiger partial charge in [-0.1, -0.05) is 6.92 Å². The van der Waals surface area contributed by atoms with E-state index in [1.165, 1.54) is 20.1 Å². The number of carbonyl (C=O) groups is 4. The van der Waals surface area contributed by atoms with E-state index in [9.17, 15) is 19.2 Å². The summed E-state index contributed by atoms with van der Waals surface area (Å²) in [7, 11) is 0. The highest BCUT2D eigenvalue weighted by Crippen LogP contribution is 2.70. The van der Waals surface area contributed by atoms with Crippen molar-refractivity contribution < 1.29 is 42.5 Å². The number of hydrogen-bond donors (Lipinski definition) is 0. The Balaban J connectivity index is 1.62. The molecule has 2 aliphatic heterocycles. The summed E-state index contributed by atoms with van der Waals surface area (Å²) in [6, 6.07) is 1.77. The molecule has 2 saturated heterocycles. The normalized spacial score (nSPS) is 41.5. The fourth-order valence-corrected chi connectivity index (χ4v) is 6.89. The molecule has 0 aromatic carbocycles. The summed E-state index contributed by atoms with van der Waals surface area (Å²) in [6.07, 6.45) is 3.34. The highest BCUT2D eigenvalue weighted by atomic mass is 16.6. The molecule has 2 spiro atoms. The van der Waals surface area contributed by atoms with Crippen LogP contribution in [-0.4, -0.2) is 48.6 Å². The second-order valence-electron chi connectivity index (χ2n) is 9.88. The predicted octanol–water partition coefficient (Wildman–Crippen LogP) is 2.52. The van der Waals surface area contributed by atoms with Gasteiger partial charge in [-0.05, 0) is 30.7 Å². The molecule has 0 amide bonds. The number of carbonyl (C=O) groups excluding carboxylic acids is 4. The summed E-state index contributed by atoms with van der Waals surface area (Å²) in [5.74, 6) is -2.24. The maximum absolute atomic E-state index is 13.8. The van der Waals surface area contributed by atoms with Crippen LogP contribution >= 0.6 is 0 Å². The number of ether oxygens (including phenoxy) is 4. The highest BCUT2D eigenvalue weighted by molar-refractivity contribution is 5.93. The molecule has 2 aliphatic carbocycles. The summed E-state index contributed by atoms with van der Waals surface area (Å²) in [4.78, 5) is 51.1. The molecule has 7 atom stereocenters. The van der Waals surface area contributed by atoms with E-state index in [-0.39, 0.29) is 37.3 Å². The maximum atomic E-state index is 13.8. The lowest BCUT2D eigenvalue weighted by Gasteiger charge is -2.58. The topological polar surface area (TPSA) is 122 Å². The molecule has 9 nitrogen and oxygen atoms in total. The van der Waals surface area contributed by atoms with Crippen LogP contribution in [0.3, 0.4) is 0 Å². The van der Waals surface area contributed by atoms with Crippen LogP contribution < -0.4 is 0 Å². The van der Waals surface area contributed by atoms with Crippen molar-refractivity contribution in [3.63, 3.8) is 0 Å². The fraction of sp³-hybridized carbons (Fsp3) is 0.667. The van der Waals surface area contributed by atoms with E-state index in [0.29, 0.717) is 19.3 Å². The van der Waals surface area contributed by atoms with E-state index in [1.54, 1.807) is 12.3 Å². The molecular weight excluding hydrogens is 432 g/mol. The van der Waals surface area contributed by atoms with Crippen LogP contribution in [-0.2, 0) is 38.1 Å². The molecule has 1 aromatic rings. The van der Waals surface area contributed by atoms with Gasteiger partial charge < -0.3 is 23.4 Å². The Labute approximate surface area is 191 Å². The van der Waals surface area contributed by atoms with Crippen LogP contribution in [0.4, 0.5) is 0 Å². The van der Waals surface area contributed by atoms with Gasteiger partial charge in [-0.25, -0.2) is 0 Å². The largest absolute Gasteiger partial charge is 0.472 e. The van der Waals surface area contributed by atoms with Gasteiger partial charge in [0.05, 0.1) is 24.5 Å². The molecule has 178 valence electrons. The molecule has 0 N–H and O–H groups in total. The first-order valence-electron chi connectivity index (χ1n) is 11.4. The van der Waals surface area contributed by atoms with Gasteiger partial charge in [-0.15, -0.1) is 0 Å². The second kappa shape index (κ2) is 7.41. The Kier molecular flexibility index (Phi) is 4.97. The highest BCUT2D eigenvalue weighted by Gasteiger charge is 2.81. The minimum Gasteiger partial charge on any atom is -0.472 e. The zero-order valence-electron chi connectivity index (χ0n) is 19.0. The van der Waals surface area contributed by atoms with Crippen molar-refractivity contribution in [3.8, 4) is 0 Å². The molecule has 2 saturated carbocycles. The molecular formula is C24H28O9. The summed E-state index contributed by atoms with van der Waals surface area (Å²) >= 11 is 0. The molecule has 5 rings (SSSR count). The van der Waals surface area contributed by atoms with Gasteiger partial charge >= 0.3 is 17.9 Å². The van der Waals surface area contributed by atoms with Crippen molar-refractivity contribution in [2.24, 2.45) is 22.7 Å². The van der Waals surface area contributed by atoms with Crippen molar-refractivity contribution in [2.45, 2.75) is 64.3 Å². The zero-order valence-corrected chi connectivity index (χ0v) is 19.0. The van der Waals surface area contributed by atoms with Crippen LogP contribution in [0.1, 0.15) is 58.1 Å². The van der Waals surface area contributed by atoms with Crippen molar-refractivity contribution in [2.75, 3.05) is 13.2 Å². The zero-order chi connectivity index (χ0) is 23.6. The third-order valence-electron chi connectivity index (χ3n) is 8.41. The van der Waals surface area contributed by atoms with Crippen molar-refractivity contribution in [1.82, 2.24) is 0 Å². The predicted molar refractivity (Wildman–Crippen MR) is 109 cm³/mol. The summed E-state index contributed by atoms with van der Waals surface area (Å²) in [5, 5.41) is 0. The molecule has 1 aromatic heterocycles. The Morgan fingerprint density at radius 2 is 1.94 bits per heavy atom.